The van der Waals surface area contributed by atoms with Crippen LogP contribution in [0.15, 0.2) is 31.1 Å². The highest BCUT2D eigenvalue weighted by Gasteiger charge is 2.40. The summed E-state index contributed by atoms with van der Waals surface area (Å²) in [5, 5.41) is 13.6. The molecule has 1 spiro atoms. The predicted molar refractivity (Wildman–Crippen MR) is 107 cm³/mol. The van der Waals surface area contributed by atoms with Gasteiger partial charge in [-0.1, -0.05) is 0 Å². The van der Waals surface area contributed by atoms with E-state index < -0.39 is 0 Å². The summed E-state index contributed by atoms with van der Waals surface area (Å²) in [5.41, 5.74) is 2.02. The van der Waals surface area contributed by atoms with Gasteiger partial charge in [0.2, 0.25) is 5.91 Å². The van der Waals surface area contributed by atoms with Gasteiger partial charge in [0, 0.05) is 63.3 Å². The molecule has 2 fully saturated rings. The van der Waals surface area contributed by atoms with Crippen molar-refractivity contribution in [3.05, 3.63) is 42.2 Å². The standard InChI is InChI=1S/C19H26N6O2.CH2O2/c26-18(2-1-16-11-22-23-12-16)25-7-8-27-19(14-25)3-5-24(6-4-19)13-17-9-20-15-21-10-17;2-1-3/h9-12,15H,1-8,13-14H2,(H,22,23);1H,(H,2,3). The highest BCUT2D eigenvalue weighted by molar-refractivity contribution is 5.76. The van der Waals surface area contributed by atoms with Crippen molar-refractivity contribution in [2.75, 3.05) is 32.8 Å². The van der Waals surface area contributed by atoms with Crippen molar-refractivity contribution in [2.45, 2.75) is 37.8 Å². The highest BCUT2D eigenvalue weighted by Crippen LogP contribution is 2.31. The molecule has 0 saturated carbocycles. The first-order valence-electron chi connectivity index (χ1n) is 10.1. The monoisotopic (exact) mass is 416 g/mol. The summed E-state index contributed by atoms with van der Waals surface area (Å²) in [7, 11) is 0. The fourth-order valence-electron chi connectivity index (χ4n) is 3.97. The number of ether oxygens (including phenoxy) is 1. The minimum absolute atomic E-state index is 0.187. The molecular weight excluding hydrogens is 388 g/mol. The van der Waals surface area contributed by atoms with Crippen molar-refractivity contribution in [3.8, 4) is 0 Å². The number of aromatic nitrogens is 4. The zero-order chi connectivity index (χ0) is 21.2. The van der Waals surface area contributed by atoms with Gasteiger partial charge >= 0.3 is 0 Å². The van der Waals surface area contributed by atoms with Gasteiger partial charge < -0.3 is 14.7 Å². The second-order valence-electron chi connectivity index (χ2n) is 7.58. The molecule has 2 aromatic rings. The quantitative estimate of drug-likeness (QED) is 0.684. The number of aryl methyl sites for hydroxylation is 1. The molecule has 0 aliphatic carbocycles. The summed E-state index contributed by atoms with van der Waals surface area (Å²) >= 11 is 0. The minimum atomic E-state index is -0.250. The Bertz CT molecular complexity index is 778. The van der Waals surface area contributed by atoms with Crippen LogP contribution in [0.4, 0.5) is 0 Å². The lowest BCUT2D eigenvalue weighted by atomic mass is 9.89. The van der Waals surface area contributed by atoms with Crippen LogP contribution in [0.1, 0.15) is 30.4 Å². The van der Waals surface area contributed by atoms with Gasteiger partial charge in [0.15, 0.2) is 0 Å². The molecule has 162 valence electrons. The molecule has 0 unspecified atom stereocenters. The number of hydrogen-bond acceptors (Lipinski definition) is 7. The number of likely N-dealkylation sites (tertiary alicyclic amines) is 1. The third kappa shape index (κ3) is 6.07. The largest absolute Gasteiger partial charge is 0.483 e. The van der Waals surface area contributed by atoms with Crippen LogP contribution in [0.3, 0.4) is 0 Å². The topological polar surface area (TPSA) is 125 Å². The van der Waals surface area contributed by atoms with Crippen LogP contribution in [-0.4, -0.2) is 85.8 Å². The number of nitrogens with zero attached hydrogens (tertiary/aromatic N) is 5. The zero-order valence-corrected chi connectivity index (χ0v) is 16.9. The van der Waals surface area contributed by atoms with Crippen LogP contribution in [0.2, 0.25) is 0 Å². The van der Waals surface area contributed by atoms with Crippen LogP contribution >= 0.6 is 0 Å². The van der Waals surface area contributed by atoms with E-state index in [-0.39, 0.29) is 18.0 Å². The predicted octanol–water partition coefficient (Wildman–Crippen LogP) is 0.727. The average Bonchev–Trinajstić information content (AvgIpc) is 3.29. The molecule has 2 saturated heterocycles. The van der Waals surface area contributed by atoms with Gasteiger partial charge in [0.25, 0.3) is 6.47 Å². The smallest absolute Gasteiger partial charge is 0.290 e. The Morgan fingerprint density at radius 2 is 1.93 bits per heavy atom. The summed E-state index contributed by atoms with van der Waals surface area (Å²) in [6.07, 6.45) is 12.1. The molecule has 0 radical (unpaired) electrons. The van der Waals surface area contributed by atoms with E-state index in [2.05, 4.69) is 25.1 Å². The highest BCUT2D eigenvalue weighted by atomic mass is 16.5. The normalized spacial score (nSPS) is 18.5. The van der Waals surface area contributed by atoms with E-state index in [1.807, 2.05) is 23.5 Å². The lowest BCUT2D eigenvalue weighted by Crippen LogP contribution is -2.57. The number of carbonyl (C=O) groups is 2. The Balaban J connectivity index is 0.000000806. The number of H-pyrrole nitrogens is 1. The SMILES string of the molecule is O=C(CCc1cn[nH]c1)N1CCOC2(CCN(Cc3cncnc3)CC2)C1.O=CO. The van der Waals surface area contributed by atoms with Crippen molar-refractivity contribution < 1.29 is 19.4 Å². The number of nitrogens with one attached hydrogen (secondary N) is 1. The van der Waals surface area contributed by atoms with Crippen molar-refractivity contribution in [1.82, 2.24) is 30.0 Å². The van der Waals surface area contributed by atoms with Crippen molar-refractivity contribution in [2.24, 2.45) is 0 Å². The number of piperidine rings is 1. The number of morpholine rings is 1. The average molecular weight is 416 g/mol. The number of carbonyl (C=O) groups excluding carboxylic acids is 1. The van der Waals surface area contributed by atoms with Gasteiger partial charge in [-0.15, -0.1) is 0 Å². The van der Waals surface area contributed by atoms with Gasteiger partial charge in [0.05, 0.1) is 18.4 Å². The molecule has 2 aromatic heterocycles. The second-order valence-corrected chi connectivity index (χ2v) is 7.58. The summed E-state index contributed by atoms with van der Waals surface area (Å²) in [4.78, 5) is 33.6. The van der Waals surface area contributed by atoms with E-state index in [9.17, 15) is 4.79 Å². The maximum atomic E-state index is 12.6. The third-order valence-electron chi connectivity index (χ3n) is 5.57. The number of hydrogen-bond donors (Lipinski definition) is 2. The maximum absolute atomic E-state index is 12.6. The van der Waals surface area contributed by atoms with Crippen molar-refractivity contribution >= 4 is 12.4 Å². The fourth-order valence-corrected chi connectivity index (χ4v) is 3.97. The van der Waals surface area contributed by atoms with E-state index in [4.69, 9.17) is 14.6 Å². The molecule has 2 N–H and O–H groups in total. The van der Waals surface area contributed by atoms with Crippen LogP contribution in [0.25, 0.3) is 0 Å². The van der Waals surface area contributed by atoms with E-state index in [1.54, 1.807) is 12.5 Å². The summed E-state index contributed by atoms with van der Waals surface area (Å²) in [6.45, 7) is 4.57. The first-order chi connectivity index (χ1) is 14.6. The third-order valence-corrected chi connectivity index (χ3v) is 5.57. The van der Waals surface area contributed by atoms with Crippen LogP contribution < -0.4 is 0 Å². The second kappa shape index (κ2) is 10.8. The molecule has 0 atom stereocenters. The van der Waals surface area contributed by atoms with Crippen LogP contribution in [0.5, 0.6) is 0 Å². The van der Waals surface area contributed by atoms with E-state index in [0.717, 1.165) is 50.0 Å². The Morgan fingerprint density at radius 3 is 2.60 bits per heavy atom. The Kier molecular flexibility index (Phi) is 7.86. The zero-order valence-electron chi connectivity index (χ0n) is 16.9. The first kappa shape index (κ1) is 21.8. The lowest BCUT2D eigenvalue weighted by Gasteiger charge is -2.47. The molecule has 2 aliphatic rings. The molecule has 4 rings (SSSR count). The Morgan fingerprint density at radius 1 is 1.20 bits per heavy atom. The van der Waals surface area contributed by atoms with E-state index in [0.29, 0.717) is 26.1 Å². The summed E-state index contributed by atoms with van der Waals surface area (Å²) < 4.78 is 6.18. The minimum Gasteiger partial charge on any atom is -0.483 e. The number of rotatable bonds is 5. The number of amides is 1. The molecule has 10 heteroatoms. The summed E-state index contributed by atoms with van der Waals surface area (Å²) in [6, 6.07) is 0. The van der Waals surface area contributed by atoms with E-state index in [1.165, 1.54) is 0 Å². The van der Waals surface area contributed by atoms with Gasteiger partial charge in [-0.2, -0.15) is 5.10 Å². The molecule has 0 aromatic carbocycles. The summed E-state index contributed by atoms with van der Waals surface area (Å²) in [5.74, 6) is 0.211. The number of aromatic amines is 1. The molecule has 2 aliphatic heterocycles. The molecule has 4 heterocycles. The molecule has 0 bridgehead atoms. The van der Waals surface area contributed by atoms with Gasteiger partial charge in [-0.3, -0.25) is 19.6 Å². The van der Waals surface area contributed by atoms with Crippen molar-refractivity contribution in [1.29, 1.82) is 0 Å². The Labute approximate surface area is 175 Å². The number of carboxylic acid groups (broad SMARTS) is 1. The van der Waals surface area contributed by atoms with Gasteiger partial charge in [-0.25, -0.2) is 9.97 Å². The van der Waals surface area contributed by atoms with Crippen LogP contribution in [-0.2, 0) is 27.3 Å². The van der Waals surface area contributed by atoms with Gasteiger partial charge in [0.1, 0.15) is 6.33 Å². The fraction of sp³-hybridized carbons (Fsp3) is 0.550. The molecule has 30 heavy (non-hydrogen) atoms. The molecule has 10 nitrogen and oxygen atoms in total. The molecular formula is C20H28N6O4. The maximum Gasteiger partial charge on any atom is 0.290 e. The first-order valence-corrected chi connectivity index (χ1v) is 10.1. The lowest BCUT2D eigenvalue weighted by molar-refractivity contribution is -0.159. The van der Waals surface area contributed by atoms with Gasteiger partial charge in [-0.05, 0) is 24.8 Å². The van der Waals surface area contributed by atoms with Crippen molar-refractivity contribution in [3.63, 3.8) is 0 Å². The molecule has 1 amide bonds. The Hall–Kier alpha value is -2.85. The van der Waals surface area contributed by atoms with Crippen LogP contribution in [0, 0.1) is 0 Å². The van der Waals surface area contributed by atoms with E-state index >= 15 is 0 Å².